The monoisotopic (exact) mass is 230 g/mol. The lowest BCUT2D eigenvalue weighted by Gasteiger charge is -2.12. The summed E-state index contributed by atoms with van der Waals surface area (Å²) in [7, 11) is 0. The van der Waals surface area contributed by atoms with Crippen molar-refractivity contribution in [1.29, 1.82) is 0 Å². The van der Waals surface area contributed by atoms with Crippen molar-refractivity contribution in [1.82, 2.24) is 0 Å². The fraction of sp³-hybridized carbons (Fsp3) is 0.562. The van der Waals surface area contributed by atoms with Crippen LogP contribution in [0.5, 0.6) is 0 Å². The lowest BCUT2D eigenvalue weighted by atomic mass is 9.89. The molecule has 2 rings (SSSR count). The third-order valence-corrected chi connectivity index (χ3v) is 3.75. The van der Waals surface area contributed by atoms with Crippen LogP contribution in [0, 0.1) is 11.3 Å². The molecular weight excluding hydrogens is 208 g/mol. The number of hydrogen-bond donors (Lipinski definition) is 0. The normalized spacial score (nSPS) is 22.8. The summed E-state index contributed by atoms with van der Waals surface area (Å²) in [5.41, 5.74) is 4.03. The Kier molecular flexibility index (Phi) is 3.37. The van der Waals surface area contributed by atoms with Gasteiger partial charge in [0.1, 0.15) is 6.29 Å². The second-order valence-electron chi connectivity index (χ2n) is 6.16. The van der Waals surface area contributed by atoms with Gasteiger partial charge in [-0.1, -0.05) is 39.0 Å². The van der Waals surface area contributed by atoms with Crippen LogP contribution in [0.25, 0.3) is 0 Å². The number of fused-ring (bicyclic) bond motifs is 1. The smallest absolute Gasteiger partial charge is 0.126 e. The molecule has 0 aliphatic heterocycles. The van der Waals surface area contributed by atoms with Crippen LogP contribution in [0.15, 0.2) is 18.2 Å². The first-order valence-corrected chi connectivity index (χ1v) is 6.59. The van der Waals surface area contributed by atoms with Crippen LogP contribution < -0.4 is 0 Å². The Balaban J connectivity index is 2.12. The van der Waals surface area contributed by atoms with Crippen molar-refractivity contribution in [2.75, 3.05) is 0 Å². The fourth-order valence-electron chi connectivity index (χ4n) is 2.64. The molecule has 0 fully saturated rings. The van der Waals surface area contributed by atoms with E-state index < -0.39 is 0 Å². The van der Waals surface area contributed by atoms with Gasteiger partial charge in [-0.05, 0) is 48.3 Å². The number of rotatable bonds is 4. The van der Waals surface area contributed by atoms with Crippen molar-refractivity contribution in [3.8, 4) is 0 Å². The largest absolute Gasteiger partial charge is 0.303 e. The molecule has 0 spiro atoms. The molecule has 1 nitrogen and oxygen atoms in total. The number of carbonyl (C=O) groups excluding carboxylic acids is 1. The highest BCUT2D eigenvalue weighted by molar-refractivity contribution is 5.63. The van der Waals surface area contributed by atoms with Crippen molar-refractivity contribution in [3.05, 3.63) is 34.9 Å². The Morgan fingerprint density at radius 3 is 2.65 bits per heavy atom. The Labute approximate surface area is 104 Å². The molecule has 1 aromatic rings. The number of aldehydes is 1. The van der Waals surface area contributed by atoms with E-state index in [2.05, 4.69) is 39.0 Å². The zero-order valence-corrected chi connectivity index (χ0v) is 11.1. The van der Waals surface area contributed by atoms with E-state index in [1.54, 1.807) is 0 Å². The van der Waals surface area contributed by atoms with Crippen LogP contribution in [-0.2, 0) is 24.1 Å². The molecule has 92 valence electrons. The quantitative estimate of drug-likeness (QED) is 0.723. The molecule has 1 aromatic carbocycles. The summed E-state index contributed by atoms with van der Waals surface area (Å²) in [6.07, 6.45) is 5.35. The molecular formula is C16H22O. The van der Waals surface area contributed by atoms with E-state index in [0.29, 0.717) is 0 Å². The number of carbonyl (C=O) groups is 1. The van der Waals surface area contributed by atoms with E-state index >= 15 is 0 Å². The summed E-state index contributed by atoms with van der Waals surface area (Å²) in [6.45, 7) is 6.58. The van der Waals surface area contributed by atoms with Crippen molar-refractivity contribution < 1.29 is 4.79 Å². The van der Waals surface area contributed by atoms with E-state index in [1.807, 2.05) is 0 Å². The Hall–Kier alpha value is -1.11. The van der Waals surface area contributed by atoms with Crippen LogP contribution in [0.2, 0.25) is 0 Å². The summed E-state index contributed by atoms with van der Waals surface area (Å²) in [5, 5.41) is 0. The molecule has 0 bridgehead atoms. The van der Waals surface area contributed by atoms with E-state index in [-0.39, 0.29) is 5.41 Å². The van der Waals surface area contributed by atoms with E-state index in [9.17, 15) is 4.79 Å². The highest BCUT2D eigenvalue weighted by Crippen LogP contribution is 2.35. The first-order valence-electron chi connectivity index (χ1n) is 6.59. The summed E-state index contributed by atoms with van der Waals surface area (Å²) in [5.74, 6) is 0.753. The van der Waals surface area contributed by atoms with Crippen molar-refractivity contribution >= 4 is 6.29 Å². The topological polar surface area (TPSA) is 17.1 Å². The molecule has 0 saturated heterocycles. The molecule has 0 radical (unpaired) electrons. The van der Waals surface area contributed by atoms with Gasteiger partial charge in [0.05, 0.1) is 0 Å². The molecule has 0 saturated carbocycles. The van der Waals surface area contributed by atoms with Gasteiger partial charge in [0.15, 0.2) is 0 Å². The lowest BCUT2D eigenvalue weighted by Crippen LogP contribution is -2.17. The van der Waals surface area contributed by atoms with Crippen LogP contribution in [-0.4, -0.2) is 6.29 Å². The summed E-state index contributed by atoms with van der Waals surface area (Å²) >= 11 is 0. The Morgan fingerprint density at radius 2 is 2.00 bits per heavy atom. The third-order valence-electron chi connectivity index (χ3n) is 3.75. The van der Waals surface area contributed by atoms with Crippen LogP contribution >= 0.6 is 0 Å². The van der Waals surface area contributed by atoms with E-state index in [4.69, 9.17) is 0 Å². The first-order chi connectivity index (χ1) is 8.02. The molecule has 1 unspecified atom stereocenters. The standard InChI is InChI=1S/C16H22O/c1-12(2)4-5-13-6-7-14-9-16(3,11-17)10-15(14)8-13/h6-8,11-12H,4-5,9-10H2,1-3H3. The van der Waals surface area contributed by atoms with E-state index in [1.165, 1.54) is 23.1 Å². The second-order valence-corrected chi connectivity index (χ2v) is 6.16. The minimum absolute atomic E-state index is 0.154. The number of hydrogen-bond acceptors (Lipinski definition) is 1. The highest BCUT2D eigenvalue weighted by Gasteiger charge is 2.32. The molecule has 1 atom stereocenters. The van der Waals surface area contributed by atoms with Crippen molar-refractivity contribution in [2.24, 2.45) is 11.3 Å². The zero-order valence-electron chi connectivity index (χ0n) is 11.1. The van der Waals surface area contributed by atoms with Gasteiger partial charge in [0.25, 0.3) is 0 Å². The maximum absolute atomic E-state index is 11.1. The minimum atomic E-state index is -0.154. The molecule has 1 aliphatic carbocycles. The van der Waals surface area contributed by atoms with Gasteiger partial charge in [-0.2, -0.15) is 0 Å². The summed E-state index contributed by atoms with van der Waals surface area (Å²) in [4.78, 5) is 11.1. The molecule has 0 heterocycles. The van der Waals surface area contributed by atoms with Gasteiger partial charge in [0.2, 0.25) is 0 Å². The first kappa shape index (κ1) is 12.3. The summed E-state index contributed by atoms with van der Waals surface area (Å²) in [6, 6.07) is 6.77. The zero-order chi connectivity index (χ0) is 12.5. The van der Waals surface area contributed by atoms with Crippen LogP contribution in [0.1, 0.15) is 43.9 Å². The molecule has 17 heavy (non-hydrogen) atoms. The average molecular weight is 230 g/mol. The van der Waals surface area contributed by atoms with E-state index in [0.717, 1.165) is 31.5 Å². The van der Waals surface area contributed by atoms with Gasteiger partial charge >= 0.3 is 0 Å². The minimum Gasteiger partial charge on any atom is -0.303 e. The third kappa shape index (κ3) is 2.77. The molecule has 0 aromatic heterocycles. The van der Waals surface area contributed by atoms with Crippen LogP contribution in [0.4, 0.5) is 0 Å². The average Bonchev–Trinajstić information content (AvgIpc) is 2.62. The molecule has 1 heteroatoms. The van der Waals surface area contributed by atoms with Gasteiger partial charge in [0, 0.05) is 5.41 Å². The Bertz CT molecular complexity index is 420. The molecule has 0 amide bonds. The van der Waals surface area contributed by atoms with Gasteiger partial charge in [-0.25, -0.2) is 0 Å². The predicted octanol–water partition coefficient (Wildman–Crippen LogP) is 3.58. The van der Waals surface area contributed by atoms with Gasteiger partial charge < -0.3 is 4.79 Å². The summed E-state index contributed by atoms with van der Waals surface area (Å²) < 4.78 is 0. The number of aryl methyl sites for hydroxylation is 1. The molecule has 1 aliphatic rings. The Morgan fingerprint density at radius 1 is 1.29 bits per heavy atom. The predicted molar refractivity (Wildman–Crippen MR) is 71.2 cm³/mol. The number of benzene rings is 1. The van der Waals surface area contributed by atoms with Crippen molar-refractivity contribution in [2.45, 2.75) is 46.5 Å². The van der Waals surface area contributed by atoms with Gasteiger partial charge in [-0.15, -0.1) is 0 Å². The van der Waals surface area contributed by atoms with Gasteiger partial charge in [-0.3, -0.25) is 0 Å². The maximum atomic E-state index is 11.1. The highest BCUT2D eigenvalue weighted by atomic mass is 16.1. The maximum Gasteiger partial charge on any atom is 0.126 e. The SMILES string of the molecule is CC(C)CCc1ccc2c(c1)CC(C)(C=O)C2. The fourth-order valence-corrected chi connectivity index (χ4v) is 2.64. The second kappa shape index (κ2) is 4.64. The lowest BCUT2D eigenvalue weighted by molar-refractivity contribution is -0.115. The van der Waals surface area contributed by atoms with Crippen molar-refractivity contribution in [3.63, 3.8) is 0 Å². The molecule has 0 N–H and O–H groups in total. The van der Waals surface area contributed by atoms with Crippen LogP contribution in [0.3, 0.4) is 0 Å².